The number of hydrogen-bond acceptors (Lipinski definition) is 7. The van der Waals surface area contributed by atoms with Crippen molar-refractivity contribution in [2.75, 3.05) is 35.6 Å². The summed E-state index contributed by atoms with van der Waals surface area (Å²) >= 11 is 0. The lowest BCUT2D eigenvalue weighted by Gasteiger charge is -2.22. The molecule has 0 aliphatic carbocycles. The van der Waals surface area contributed by atoms with E-state index in [9.17, 15) is 8.42 Å². The standard InChI is InChI=1S/C20H23N5O2S/c1-14-6-7-17-16(12-14)19(22-9-8-21)24-20(23-17)25-10-11-28(26,27)18-5-3-2-4-15(18)13-25/h2-7,12H,8-11,13,21H2,1H3,(H,22,23,24). The summed E-state index contributed by atoms with van der Waals surface area (Å²) in [5.41, 5.74) is 8.35. The lowest BCUT2D eigenvalue weighted by atomic mass is 10.1. The van der Waals surface area contributed by atoms with Gasteiger partial charge >= 0.3 is 0 Å². The van der Waals surface area contributed by atoms with Crippen molar-refractivity contribution in [2.24, 2.45) is 5.73 Å². The molecule has 2 aromatic carbocycles. The first-order chi connectivity index (χ1) is 13.5. The first-order valence-electron chi connectivity index (χ1n) is 9.26. The van der Waals surface area contributed by atoms with E-state index in [2.05, 4.69) is 5.32 Å². The van der Waals surface area contributed by atoms with Crippen molar-refractivity contribution in [1.29, 1.82) is 0 Å². The molecule has 0 saturated carbocycles. The smallest absolute Gasteiger partial charge is 0.228 e. The first kappa shape index (κ1) is 18.6. The highest BCUT2D eigenvalue weighted by Crippen LogP contribution is 2.28. The van der Waals surface area contributed by atoms with Crippen LogP contribution in [0, 0.1) is 6.92 Å². The van der Waals surface area contributed by atoms with Gasteiger partial charge in [-0.2, -0.15) is 4.98 Å². The van der Waals surface area contributed by atoms with Gasteiger partial charge in [-0.05, 0) is 30.7 Å². The van der Waals surface area contributed by atoms with Crippen LogP contribution in [-0.4, -0.2) is 43.8 Å². The molecule has 0 bridgehead atoms. The summed E-state index contributed by atoms with van der Waals surface area (Å²) in [6.07, 6.45) is 0. The third-order valence-electron chi connectivity index (χ3n) is 4.86. The van der Waals surface area contributed by atoms with E-state index in [0.717, 1.165) is 27.8 Å². The molecule has 0 atom stereocenters. The highest BCUT2D eigenvalue weighted by Gasteiger charge is 2.26. The zero-order valence-corrected chi connectivity index (χ0v) is 16.5. The van der Waals surface area contributed by atoms with Crippen LogP contribution in [-0.2, 0) is 16.4 Å². The van der Waals surface area contributed by atoms with Crippen molar-refractivity contribution in [3.8, 4) is 0 Å². The SMILES string of the molecule is Cc1ccc2nc(N3CCS(=O)(=O)c4ccccc4C3)nc(NCCN)c2c1. The lowest BCUT2D eigenvalue weighted by Crippen LogP contribution is -2.28. The number of sulfone groups is 1. The molecule has 1 aliphatic rings. The van der Waals surface area contributed by atoms with Crippen LogP contribution in [0.5, 0.6) is 0 Å². The summed E-state index contributed by atoms with van der Waals surface area (Å²) in [6.45, 7) is 3.89. The van der Waals surface area contributed by atoms with Crippen molar-refractivity contribution in [1.82, 2.24) is 9.97 Å². The maximum absolute atomic E-state index is 12.6. The van der Waals surface area contributed by atoms with Crippen molar-refractivity contribution in [2.45, 2.75) is 18.4 Å². The van der Waals surface area contributed by atoms with Crippen LogP contribution in [0.15, 0.2) is 47.4 Å². The van der Waals surface area contributed by atoms with Gasteiger partial charge in [-0.25, -0.2) is 13.4 Å². The molecule has 1 aromatic heterocycles. The third-order valence-corrected chi connectivity index (χ3v) is 6.65. The predicted octanol–water partition coefficient (Wildman–Crippen LogP) is 2.10. The fraction of sp³-hybridized carbons (Fsp3) is 0.300. The summed E-state index contributed by atoms with van der Waals surface area (Å²) in [5, 5.41) is 4.20. The fourth-order valence-electron chi connectivity index (χ4n) is 3.43. The normalized spacial score (nSPS) is 15.9. The van der Waals surface area contributed by atoms with Crippen LogP contribution in [0.3, 0.4) is 0 Å². The summed E-state index contributed by atoms with van der Waals surface area (Å²) < 4.78 is 25.3. The molecule has 7 nitrogen and oxygen atoms in total. The Morgan fingerprint density at radius 1 is 1.18 bits per heavy atom. The van der Waals surface area contributed by atoms with Crippen molar-refractivity contribution in [3.63, 3.8) is 0 Å². The quantitative estimate of drug-likeness (QED) is 0.695. The molecule has 8 heteroatoms. The summed E-state index contributed by atoms with van der Waals surface area (Å²) in [6, 6.07) is 13.2. The third kappa shape index (κ3) is 3.53. The van der Waals surface area contributed by atoms with Gasteiger partial charge in [0, 0.05) is 31.6 Å². The number of nitrogens with zero attached hydrogens (tertiary/aromatic N) is 3. The molecule has 1 aliphatic heterocycles. The lowest BCUT2D eigenvalue weighted by molar-refractivity contribution is 0.596. The topological polar surface area (TPSA) is 101 Å². The molecule has 0 amide bonds. The van der Waals surface area contributed by atoms with E-state index in [-0.39, 0.29) is 5.75 Å². The number of fused-ring (bicyclic) bond motifs is 2. The number of nitrogens with one attached hydrogen (secondary N) is 1. The van der Waals surface area contributed by atoms with Gasteiger partial charge in [0.05, 0.1) is 16.2 Å². The second-order valence-corrected chi connectivity index (χ2v) is 9.03. The Bertz CT molecular complexity index is 1130. The average Bonchev–Trinajstić information content (AvgIpc) is 2.82. The molecular formula is C20H23N5O2S. The van der Waals surface area contributed by atoms with E-state index in [1.165, 1.54) is 0 Å². The number of nitrogens with two attached hydrogens (primary N) is 1. The van der Waals surface area contributed by atoms with E-state index in [1.807, 2.05) is 42.2 Å². The van der Waals surface area contributed by atoms with Crippen molar-refractivity contribution >= 4 is 32.5 Å². The Hall–Kier alpha value is -2.71. The van der Waals surface area contributed by atoms with Crippen LogP contribution in [0.1, 0.15) is 11.1 Å². The molecule has 3 aromatic rings. The van der Waals surface area contributed by atoms with Gasteiger partial charge < -0.3 is 16.0 Å². The Labute approximate surface area is 164 Å². The Balaban J connectivity index is 1.80. The zero-order chi connectivity index (χ0) is 19.7. The molecule has 4 rings (SSSR count). The Morgan fingerprint density at radius 2 is 2.00 bits per heavy atom. The number of hydrogen-bond donors (Lipinski definition) is 2. The maximum Gasteiger partial charge on any atom is 0.228 e. The van der Waals surface area contributed by atoms with Gasteiger partial charge in [-0.15, -0.1) is 0 Å². The van der Waals surface area contributed by atoms with Crippen LogP contribution in [0.25, 0.3) is 10.9 Å². The molecule has 0 unspecified atom stereocenters. The molecule has 0 radical (unpaired) electrons. The van der Waals surface area contributed by atoms with Crippen molar-refractivity contribution in [3.05, 3.63) is 53.6 Å². The summed E-state index contributed by atoms with van der Waals surface area (Å²) in [5.74, 6) is 1.27. The molecule has 0 spiro atoms. The van der Waals surface area contributed by atoms with E-state index in [1.54, 1.807) is 12.1 Å². The zero-order valence-electron chi connectivity index (χ0n) is 15.7. The second kappa shape index (κ2) is 7.37. The molecule has 2 heterocycles. The molecule has 0 saturated heterocycles. The Morgan fingerprint density at radius 3 is 2.82 bits per heavy atom. The van der Waals surface area contributed by atoms with Gasteiger partial charge in [-0.3, -0.25) is 0 Å². The summed E-state index contributed by atoms with van der Waals surface area (Å²) in [7, 11) is -3.32. The van der Waals surface area contributed by atoms with Crippen molar-refractivity contribution < 1.29 is 8.42 Å². The van der Waals surface area contributed by atoms with Crippen LogP contribution >= 0.6 is 0 Å². The van der Waals surface area contributed by atoms with Crippen LogP contribution < -0.4 is 16.0 Å². The largest absolute Gasteiger partial charge is 0.368 e. The van der Waals surface area contributed by atoms with E-state index >= 15 is 0 Å². The molecule has 28 heavy (non-hydrogen) atoms. The van der Waals surface area contributed by atoms with Gasteiger partial charge in [0.15, 0.2) is 9.84 Å². The van der Waals surface area contributed by atoms with Gasteiger partial charge in [0.2, 0.25) is 5.95 Å². The highest BCUT2D eigenvalue weighted by molar-refractivity contribution is 7.91. The highest BCUT2D eigenvalue weighted by atomic mass is 32.2. The minimum absolute atomic E-state index is 0.0326. The monoisotopic (exact) mass is 397 g/mol. The van der Waals surface area contributed by atoms with E-state index in [4.69, 9.17) is 15.7 Å². The minimum atomic E-state index is -3.32. The fourth-order valence-corrected chi connectivity index (χ4v) is 4.93. The maximum atomic E-state index is 12.6. The van der Waals surface area contributed by atoms with Crippen LogP contribution in [0.4, 0.5) is 11.8 Å². The van der Waals surface area contributed by atoms with Gasteiger partial charge in [-0.1, -0.05) is 29.8 Å². The van der Waals surface area contributed by atoms with Crippen LogP contribution in [0.2, 0.25) is 0 Å². The number of aryl methyl sites for hydroxylation is 1. The Kier molecular flexibility index (Phi) is 4.91. The molecular weight excluding hydrogens is 374 g/mol. The molecule has 3 N–H and O–H groups in total. The second-order valence-electron chi connectivity index (χ2n) is 6.96. The van der Waals surface area contributed by atoms with Gasteiger partial charge in [0.1, 0.15) is 5.82 Å². The minimum Gasteiger partial charge on any atom is -0.368 e. The van der Waals surface area contributed by atoms with E-state index in [0.29, 0.717) is 37.0 Å². The number of benzene rings is 2. The van der Waals surface area contributed by atoms with Gasteiger partial charge in [0.25, 0.3) is 0 Å². The number of rotatable bonds is 4. The average molecular weight is 398 g/mol. The van der Waals surface area contributed by atoms with E-state index < -0.39 is 9.84 Å². The first-order valence-corrected chi connectivity index (χ1v) is 10.9. The molecule has 0 fully saturated rings. The number of anilines is 2. The molecule has 146 valence electrons. The summed E-state index contributed by atoms with van der Waals surface area (Å²) in [4.78, 5) is 11.8. The number of aromatic nitrogens is 2. The predicted molar refractivity (Wildman–Crippen MR) is 111 cm³/mol.